The summed E-state index contributed by atoms with van der Waals surface area (Å²) in [5.41, 5.74) is 0.937. The van der Waals surface area contributed by atoms with Gasteiger partial charge in [-0.3, -0.25) is 9.78 Å². The number of rotatable bonds is 6. The molecule has 0 spiro atoms. The van der Waals surface area contributed by atoms with Crippen molar-refractivity contribution in [2.75, 3.05) is 25.6 Å². The lowest BCUT2D eigenvalue weighted by Gasteiger charge is -2.07. The standard InChI is InChI=1S/C11H15N3O4/c1-18-5-4-12-11(17)14-9-3-2-8(13-7-9)6-10(15)16/h2-3,7H,4-6H2,1H3,(H,15,16)(H2,12,14,17). The van der Waals surface area contributed by atoms with E-state index in [1.165, 1.54) is 6.20 Å². The van der Waals surface area contributed by atoms with Crippen LogP contribution in [-0.2, 0) is 16.0 Å². The number of hydrogen-bond acceptors (Lipinski definition) is 4. The molecule has 0 atom stereocenters. The lowest BCUT2D eigenvalue weighted by molar-refractivity contribution is -0.136. The van der Waals surface area contributed by atoms with Gasteiger partial charge in [0.05, 0.1) is 30.6 Å². The molecule has 18 heavy (non-hydrogen) atoms. The molecule has 1 aromatic heterocycles. The fourth-order valence-electron chi connectivity index (χ4n) is 1.20. The largest absolute Gasteiger partial charge is 0.481 e. The molecule has 0 aromatic carbocycles. The first-order chi connectivity index (χ1) is 8.61. The molecule has 0 radical (unpaired) electrons. The Bertz CT molecular complexity index is 405. The molecule has 7 nitrogen and oxygen atoms in total. The number of urea groups is 1. The molecule has 1 aromatic rings. The molecule has 0 saturated heterocycles. The third kappa shape index (κ3) is 5.26. The van der Waals surface area contributed by atoms with Crippen LogP contribution in [0.1, 0.15) is 5.69 Å². The molecule has 0 aliphatic rings. The number of anilines is 1. The van der Waals surface area contributed by atoms with Crippen molar-refractivity contribution in [1.29, 1.82) is 0 Å². The Hall–Kier alpha value is -2.15. The SMILES string of the molecule is COCCNC(=O)Nc1ccc(CC(=O)O)nc1. The van der Waals surface area contributed by atoms with Crippen LogP contribution in [0.2, 0.25) is 0 Å². The fourth-order valence-corrected chi connectivity index (χ4v) is 1.20. The number of aromatic nitrogens is 1. The van der Waals surface area contributed by atoms with Gasteiger partial charge in [0.1, 0.15) is 0 Å². The van der Waals surface area contributed by atoms with Crippen LogP contribution in [0.15, 0.2) is 18.3 Å². The van der Waals surface area contributed by atoms with Gasteiger partial charge in [0, 0.05) is 13.7 Å². The minimum absolute atomic E-state index is 0.139. The predicted molar refractivity (Wildman–Crippen MR) is 64.5 cm³/mol. The van der Waals surface area contributed by atoms with E-state index in [1.54, 1.807) is 19.2 Å². The molecule has 0 aliphatic heterocycles. The van der Waals surface area contributed by atoms with E-state index in [4.69, 9.17) is 9.84 Å². The Morgan fingerprint density at radius 1 is 1.44 bits per heavy atom. The molecule has 2 amide bonds. The number of carboxylic acids is 1. The summed E-state index contributed by atoms with van der Waals surface area (Å²) in [7, 11) is 1.55. The van der Waals surface area contributed by atoms with Crippen LogP contribution in [0.25, 0.3) is 0 Å². The molecular formula is C11H15N3O4. The Kier molecular flexibility index (Phi) is 5.59. The normalized spacial score (nSPS) is 9.83. The second-order valence-corrected chi connectivity index (χ2v) is 3.48. The number of pyridine rings is 1. The van der Waals surface area contributed by atoms with E-state index < -0.39 is 5.97 Å². The van der Waals surface area contributed by atoms with Gasteiger partial charge in [-0.25, -0.2) is 4.79 Å². The zero-order chi connectivity index (χ0) is 13.4. The van der Waals surface area contributed by atoms with Crippen molar-refractivity contribution in [3.8, 4) is 0 Å². The number of ether oxygens (including phenoxy) is 1. The zero-order valence-corrected chi connectivity index (χ0v) is 9.97. The number of carboxylic acid groups (broad SMARTS) is 1. The van der Waals surface area contributed by atoms with E-state index in [1.807, 2.05) is 0 Å². The van der Waals surface area contributed by atoms with Crippen molar-refractivity contribution < 1.29 is 19.4 Å². The highest BCUT2D eigenvalue weighted by Crippen LogP contribution is 2.06. The third-order valence-corrected chi connectivity index (χ3v) is 2.01. The first kappa shape index (κ1) is 13.9. The minimum Gasteiger partial charge on any atom is -0.481 e. The van der Waals surface area contributed by atoms with E-state index in [9.17, 15) is 9.59 Å². The van der Waals surface area contributed by atoms with Crippen molar-refractivity contribution in [2.24, 2.45) is 0 Å². The molecule has 0 aliphatic carbocycles. The van der Waals surface area contributed by atoms with Gasteiger partial charge < -0.3 is 20.5 Å². The van der Waals surface area contributed by atoms with E-state index >= 15 is 0 Å². The summed E-state index contributed by atoms with van der Waals surface area (Å²) < 4.78 is 4.78. The quantitative estimate of drug-likeness (QED) is 0.640. The summed E-state index contributed by atoms with van der Waals surface area (Å²) in [5.74, 6) is -0.944. The summed E-state index contributed by atoms with van der Waals surface area (Å²) in [6.45, 7) is 0.843. The van der Waals surface area contributed by atoms with E-state index in [0.29, 0.717) is 24.5 Å². The number of nitrogens with zero attached hydrogens (tertiary/aromatic N) is 1. The second-order valence-electron chi connectivity index (χ2n) is 3.48. The number of carbonyl (C=O) groups excluding carboxylic acids is 1. The second kappa shape index (κ2) is 7.23. The van der Waals surface area contributed by atoms with Gasteiger partial charge in [0.2, 0.25) is 0 Å². The van der Waals surface area contributed by atoms with Crippen molar-refractivity contribution in [1.82, 2.24) is 10.3 Å². The van der Waals surface area contributed by atoms with Crippen LogP contribution >= 0.6 is 0 Å². The summed E-state index contributed by atoms with van der Waals surface area (Å²) in [6.07, 6.45) is 1.27. The minimum atomic E-state index is -0.944. The molecule has 0 saturated carbocycles. The van der Waals surface area contributed by atoms with Crippen molar-refractivity contribution >= 4 is 17.7 Å². The molecule has 1 rings (SSSR count). The van der Waals surface area contributed by atoms with E-state index in [-0.39, 0.29) is 12.5 Å². The number of amides is 2. The Morgan fingerprint density at radius 3 is 2.78 bits per heavy atom. The maximum atomic E-state index is 11.4. The van der Waals surface area contributed by atoms with Gasteiger partial charge in [-0.05, 0) is 12.1 Å². The Labute approximate surface area is 104 Å². The number of methoxy groups -OCH3 is 1. The van der Waals surface area contributed by atoms with Crippen LogP contribution in [-0.4, -0.2) is 42.4 Å². The topological polar surface area (TPSA) is 101 Å². The summed E-state index contributed by atoms with van der Waals surface area (Å²) in [4.78, 5) is 25.7. The maximum Gasteiger partial charge on any atom is 0.319 e. The fraction of sp³-hybridized carbons (Fsp3) is 0.364. The first-order valence-corrected chi connectivity index (χ1v) is 5.32. The predicted octanol–water partition coefficient (Wildman–Crippen LogP) is 0.477. The molecule has 7 heteroatoms. The van der Waals surface area contributed by atoms with Crippen LogP contribution in [0.3, 0.4) is 0 Å². The zero-order valence-electron chi connectivity index (χ0n) is 9.97. The number of hydrogen-bond donors (Lipinski definition) is 3. The van der Waals surface area contributed by atoms with Gasteiger partial charge in [-0.1, -0.05) is 0 Å². The molecule has 0 fully saturated rings. The van der Waals surface area contributed by atoms with Gasteiger partial charge in [-0.15, -0.1) is 0 Å². The summed E-state index contributed by atoms with van der Waals surface area (Å²) in [6, 6.07) is 2.79. The molecular weight excluding hydrogens is 238 g/mol. The first-order valence-electron chi connectivity index (χ1n) is 5.32. The van der Waals surface area contributed by atoms with Gasteiger partial charge in [0.15, 0.2) is 0 Å². The average molecular weight is 253 g/mol. The van der Waals surface area contributed by atoms with Crippen molar-refractivity contribution in [2.45, 2.75) is 6.42 Å². The average Bonchev–Trinajstić information content (AvgIpc) is 2.31. The van der Waals surface area contributed by atoms with E-state index in [2.05, 4.69) is 15.6 Å². The van der Waals surface area contributed by atoms with Crippen LogP contribution in [0.5, 0.6) is 0 Å². The Morgan fingerprint density at radius 2 is 2.22 bits per heavy atom. The maximum absolute atomic E-state index is 11.4. The molecule has 1 heterocycles. The molecule has 0 unspecified atom stereocenters. The monoisotopic (exact) mass is 253 g/mol. The lowest BCUT2D eigenvalue weighted by atomic mass is 10.2. The van der Waals surface area contributed by atoms with Crippen molar-refractivity contribution in [3.63, 3.8) is 0 Å². The van der Waals surface area contributed by atoms with Crippen LogP contribution < -0.4 is 10.6 Å². The van der Waals surface area contributed by atoms with Gasteiger partial charge >= 0.3 is 12.0 Å². The lowest BCUT2D eigenvalue weighted by Crippen LogP contribution is -2.31. The number of aliphatic carboxylic acids is 1. The summed E-state index contributed by atoms with van der Waals surface area (Å²) in [5, 5.41) is 13.7. The van der Waals surface area contributed by atoms with Crippen LogP contribution in [0.4, 0.5) is 10.5 Å². The molecule has 3 N–H and O–H groups in total. The summed E-state index contributed by atoms with van der Waals surface area (Å²) >= 11 is 0. The van der Waals surface area contributed by atoms with Crippen molar-refractivity contribution in [3.05, 3.63) is 24.0 Å². The highest BCUT2D eigenvalue weighted by atomic mass is 16.5. The molecule has 98 valence electrons. The Balaban J connectivity index is 2.43. The van der Waals surface area contributed by atoms with Crippen LogP contribution in [0, 0.1) is 0 Å². The third-order valence-electron chi connectivity index (χ3n) is 2.01. The molecule has 0 bridgehead atoms. The van der Waals surface area contributed by atoms with Gasteiger partial charge in [0.25, 0.3) is 0 Å². The highest BCUT2D eigenvalue weighted by molar-refractivity contribution is 5.89. The smallest absolute Gasteiger partial charge is 0.319 e. The number of carbonyl (C=O) groups is 2. The van der Waals surface area contributed by atoms with E-state index in [0.717, 1.165) is 0 Å². The number of nitrogens with one attached hydrogen (secondary N) is 2. The van der Waals surface area contributed by atoms with Gasteiger partial charge in [-0.2, -0.15) is 0 Å². The highest BCUT2D eigenvalue weighted by Gasteiger charge is 2.04.